The summed E-state index contributed by atoms with van der Waals surface area (Å²) < 4.78 is 8.00. The SMILES string of the molecule is Cc1cccc(CSc2nnc(C(C)Oc3cc(C)ccc3Cl)n2C)c1. The number of thioether (sulfide) groups is 1. The highest BCUT2D eigenvalue weighted by Gasteiger charge is 2.18. The van der Waals surface area contributed by atoms with E-state index in [1.54, 1.807) is 11.8 Å². The summed E-state index contributed by atoms with van der Waals surface area (Å²) in [5.41, 5.74) is 3.64. The molecule has 6 heteroatoms. The van der Waals surface area contributed by atoms with Gasteiger partial charge in [0.05, 0.1) is 5.02 Å². The minimum absolute atomic E-state index is 0.250. The molecule has 0 fully saturated rings. The number of rotatable bonds is 6. The Morgan fingerprint density at radius 2 is 1.88 bits per heavy atom. The van der Waals surface area contributed by atoms with E-state index < -0.39 is 0 Å². The van der Waals surface area contributed by atoms with Crippen LogP contribution in [-0.4, -0.2) is 14.8 Å². The maximum Gasteiger partial charge on any atom is 0.191 e. The lowest BCUT2D eigenvalue weighted by molar-refractivity contribution is 0.211. The third-order valence-electron chi connectivity index (χ3n) is 4.07. The summed E-state index contributed by atoms with van der Waals surface area (Å²) in [4.78, 5) is 0. The van der Waals surface area contributed by atoms with Crippen LogP contribution in [0.15, 0.2) is 47.6 Å². The number of hydrogen-bond acceptors (Lipinski definition) is 4. The zero-order valence-electron chi connectivity index (χ0n) is 15.4. The average molecular weight is 388 g/mol. The van der Waals surface area contributed by atoms with E-state index in [-0.39, 0.29) is 6.10 Å². The van der Waals surface area contributed by atoms with Crippen molar-refractivity contribution < 1.29 is 4.74 Å². The van der Waals surface area contributed by atoms with Crippen molar-refractivity contribution in [2.75, 3.05) is 0 Å². The lowest BCUT2D eigenvalue weighted by Gasteiger charge is -2.15. The third kappa shape index (κ3) is 4.40. The second-order valence-corrected chi connectivity index (χ2v) is 7.72. The monoisotopic (exact) mass is 387 g/mol. The van der Waals surface area contributed by atoms with Gasteiger partial charge in [0, 0.05) is 12.8 Å². The Morgan fingerprint density at radius 3 is 2.65 bits per heavy atom. The molecule has 0 radical (unpaired) electrons. The highest BCUT2D eigenvalue weighted by atomic mass is 35.5. The minimum atomic E-state index is -0.250. The fourth-order valence-electron chi connectivity index (χ4n) is 2.70. The maximum atomic E-state index is 6.23. The van der Waals surface area contributed by atoms with E-state index in [0.29, 0.717) is 10.8 Å². The van der Waals surface area contributed by atoms with Crippen molar-refractivity contribution in [3.05, 3.63) is 70.0 Å². The number of halogens is 1. The second-order valence-electron chi connectivity index (χ2n) is 6.37. The van der Waals surface area contributed by atoms with Crippen LogP contribution in [0.1, 0.15) is 35.5 Å². The molecule has 3 rings (SSSR count). The van der Waals surface area contributed by atoms with Gasteiger partial charge in [0.2, 0.25) is 0 Å². The molecular weight excluding hydrogens is 366 g/mol. The Balaban J connectivity index is 1.70. The third-order valence-corrected chi connectivity index (χ3v) is 5.48. The Labute approximate surface area is 163 Å². The van der Waals surface area contributed by atoms with Gasteiger partial charge in [0.15, 0.2) is 17.1 Å². The molecule has 1 heterocycles. The first-order chi connectivity index (χ1) is 12.4. The van der Waals surface area contributed by atoms with Crippen LogP contribution in [0.3, 0.4) is 0 Å². The Hall–Kier alpha value is -1.98. The highest BCUT2D eigenvalue weighted by Crippen LogP contribution is 2.30. The first-order valence-corrected chi connectivity index (χ1v) is 9.81. The molecule has 4 nitrogen and oxygen atoms in total. The summed E-state index contributed by atoms with van der Waals surface area (Å²) in [7, 11) is 1.96. The summed E-state index contributed by atoms with van der Waals surface area (Å²) >= 11 is 7.90. The van der Waals surface area contributed by atoms with E-state index in [2.05, 4.69) is 41.4 Å². The first kappa shape index (κ1) is 18.8. The minimum Gasteiger partial charge on any atom is -0.481 e. The predicted molar refractivity (Wildman–Crippen MR) is 107 cm³/mol. The lowest BCUT2D eigenvalue weighted by Crippen LogP contribution is -2.10. The number of benzene rings is 2. The molecule has 136 valence electrons. The fourth-order valence-corrected chi connectivity index (χ4v) is 3.72. The van der Waals surface area contributed by atoms with Gasteiger partial charge in [-0.15, -0.1) is 10.2 Å². The second kappa shape index (κ2) is 8.14. The molecule has 0 saturated carbocycles. The zero-order valence-corrected chi connectivity index (χ0v) is 16.9. The van der Waals surface area contributed by atoms with E-state index >= 15 is 0 Å². The lowest BCUT2D eigenvalue weighted by atomic mass is 10.2. The largest absolute Gasteiger partial charge is 0.481 e. The van der Waals surface area contributed by atoms with Gasteiger partial charge in [-0.25, -0.2) is 0 Å². The van der Waals surface area contributed by atoms with Crippen molar-refractivity contribution in [1.29, 1.82) is 0 Å². The Bertz CT molecular complexity index is 910. The number of hydrogen-bond donors (Lipinski definition) is 0. The van der Waals surface area contributed by atoms with Crippen LogP contribution in [0, 0.1) is 13.8 Å². The average Bonchev–Trinajstić information content (AvgIpc) is 2.97. The van der Waals surface area contributed by atoms with Crippen molar-refractivity contribution >= 4 is 23.4 Å². The standard InChI is InChI=1S/C20H22ClN3OS/c1-13-6-5-7-16(10-13)12-26-20-23-22-19(24(20)4)15(3)25-18-11-14(2)8-9-17(18)21/h5-11,15H,12H2,1-4H3. The van der Waals surface area contributed by atoms with Gasteiger partial charge >= 0.3 is 0 Å². The molecule has 0 amide bonds. The molecular formula is C20H22ClN3OS. The molecule has 1 aromatic heterocycles. The van der Waals surface area contributed by atoms with Crippen molar-refractivity contribution in [2.45, 2.75) is 37.8 Å². The molecule has 0 bridgehead atoms. The topological polar surface area (TPSA) is 39.9 Å². The number of nitrogens with zero attached hydrogens (tertiary/aromatic N) is 3. The van der Waals surface area contributed by atoms with Gasteiger partial charge in [-0.1, -0.05) is 59.3 Å². The Morgan fingerprint density at radius 1 is 1.12 bits per heavy atom. The molecule has 0 spiro atoms. The summed E-state index contributed by atoms with van der Waals surface area (Å²) in [6, 6.07) is 14.2. The molecule has 0 N–H and O–H groups in total. The van der Waals surface area contributed by atoms with Crippen LogP contribution >= 0.6 is 23.4 Å². The summed E-state index contributed by atoms with van der Waals surface area (Å²) in [6.45, 7) is 6.07. The van der Waals surface area contributed by atoms with E-state index in [9.17, 15) is 0 Å². The number of ether oxygens (including phenoxy) is 1. The smallest absolute Gasteiger partial charge is 0.191 e. The fraction of sp³-hybridized carbons (Fsp3) is 0.300. The molecule has 3 aromatic rings. The van der Waals surface area contributed by atoms with Gasteiger partial charge < -0.3 is 9.30 Å². The summed E-state index contributed by atoms with van der Waals surface area (Å²) in [6.07, 6.45) is -0.250. The number of aromatic nitrogens is 3. The van der Waals surface area contributed by atoms with Crippen LogP contribution in [-0.2, 0) is 12.8 Å². The maximum absolute atomic E-state index is 6.23. The zero-order chi connectivity index (χ0) is 18.7. The molecule has 0 aliphatic heterocycles. The summed E-state index contributed by atoms with van der Waals surface area (Å²) in [5, 5.41) is 10.1. The van der Waals surface area contributed by atoms with Crippen LogP contribution in [0.4, 0.5) is 0 Å². The van der Waals surface area contributed by atoms with Gasteiger partial charge in [-0.05, 0) is 44.0 Å². The normalized spacial score (nSPS) is 12.2. The quantitative estimate of drug-likeness (QED) is 0.522. The molecule has 0 aliphatic rings. The first-order valence-electron chi connectivity index (χ1n) is 8.44. The van der Waals surface area contributed by atoms with Crippen LogP contribution in [0.25, 0.3) is 0 Å². The molecule has 1 unspecified atom stereocenters. The van der Waals surface area contributed by atoms with E-state index in [1.807, 2.05) is 43.7 Å². The van der Waals surface area contributed by atoms with E-state index in [4.69, 9.17) is 16.3 Å². The van der Waals surface area contributed by atoms with Crippen LogP contribution in [0.5, 0.6) is 5.75 Å². The Kier molecular flexibility index (Phi) is 5.89. The van der Waals surface area contributed by atoms with Crippen molar-refractivity contribution in [3.63, 3.8) is 0 Å². The number of aryl methyl sites for hydroxylation is 2. The van der Waals surface area contributed by atoms with Crippen LogP contribution in [0.2, 0.25) is 5.02 Å². The van der Waals surface area contributed by atoms with Crippen LogP contribution < -0.4 is 4.74 Å². The van der Waals surface area contributed by atoms with E-state index in [1.165, 1.54) is 11.1 Å². The van der Waals surface area contributed by atoms with Gasteiger partial charge in [-0.2, -0.15) is 0 Å². The van der Waals surface area contributed by atoms with E-state index in [0.717, 1.165) is 22.3 Å². The van der Waals surface area contributed by atoms with Gasteiger partial charge in [-0.3, -0.25) is 0 Å². The molecule has 1 atom stereocenters. The van der Waals surface area contributed by atoms with Crippen molar-refractivity contribution in [1.82, 2.24) is 14.8 Å². The van der Waals surface area contributed by atoms with Crippen molar-refractivity contribution in [3.8, 4) is 5.75 Å². The molecule has 0 saturated heterocycles. The van der Waals surface area contributed by atoms with Crippen molar-refractivity contribution in [2.24, 2.45) is 7.05 Å². The van der Waals surface area contributed by atoms with Gasteiger partial charge in [0.25, 0.3) is 0 Å². The molecule has 2 aromatic carbocycles. The highest BCUT2D eigenvalue weighted by molar-refractivity contribution is 7.98. The van der Waals surface area contributed by atoms with Gasteiger partial charge in [0.1, 0.15) is 5.75 Å². The predicted octanol–water partition coefficient (Wildman–Crippen LogP) is 5.52. The molecule has 26 heavy (non-hydrogen) atoms. The molecule has 0 aliphatic carbocycles. The summed E-state index contributed by atoms with van der Waals surface area (Å²) in [5.74, 6) is 2.29.